The van der Waals surface area contributed by atoms with Gasteiger partial charge < -0.3 is 14.5 Å². The number of nitrogens with zero attached hydrogens (tertiary/aromatic N) is 4. The molecule has 1 atom stereocenters. The summed E-state index contributed by atoms with van der Waals surface area (Å²) in [6.07, 6.45) is -4.75. The van der Waals surface area contributed by atoms with Gasteiger partial charge in [-0.25, -0.2) is 4.98 Å². The Labute approximate surface area is 150 Å². The zero-order valence-corrected chi connectivity index (χ0v) is 14.9. The second kappa shape index (κ2) is 7.11. The van der Waals surface area contributed by atoms with E-state index >= 15 is 0 Å². The second-order valence-electron chi connectivity index (χ2n) is 6.47. The van der Waals surface area contributed by atoms with E-state index in [2.05, 4.69) is 9.97 Å². The number of halogens is 3. The number of aryl methyl sites for hydroxylation is 1. The van der Waals surface area contributed by atoms with Crippen molar-refractivity contribution >= 4 is 11.8 Å². The van der Waals surface area contributed by atoms with E-state index in [1.807, 2.05) is 31.2 Å². The standard InChI is InChI=1S/C18H21F3N4O/c1-12-6-4-5-7-13(12)14-11-25(8-9-26-14)17-22-15(18(19,20)21)10-16(23-17)24(2)3/h4-7,10,14H,8-9,11H2,1-3H3. The van der Waals surface area contributed by atoms with E-state index in [0.29, 0.717) is 19.7 Å². The van der Waals surface area contributed by atoms with Gasteiger partial charge in [-0.15, -0.1) is 0 Å². The van der Waals surface area contributed by atoms with E-state index in [-0.39, 0.29) is 17.9 Å². The van der Waals surface area contributed by atoms with E-state index in [1.165, 1.54) is 0 Å². The highest BCUT2D eigenvalue weighted by molar-refractivity contribution is 5.46. The minimum atomic E-state index is -4.52. The van der Waals surface area contributed by atoms with Crippen LogP contribution < -0.4 is 9.80 Å². The Bertz CT molecular complexity index is 779. The molecule has 2 heterocycles. The molecule has 5 nitrogen and oxygen atoms in total. The number of benzene rings is 1. The third kappa shape index (κ3) is 3.90. The van der Waals surface area contributed by atoms with Crippen LogP contribution in [0.15, 0.2) is 30.3 Å². The summed E-state index contributed by atoms with van der Waals surface area (Å²) in [4.78, 5) is 11.4. The molecule has 0 aliphatic carbocycles. The molecule has 1 fully saturated rings. The van der Waals surface area contributed by atoms with E-state index in [9.17, 15) is 13.2 Å². The van der Waals surface area contributed by atoms with Crippen molar-refractivity contribution in [2.45, 2.75) is 19.2 Å². The van der Waals surface area contributed by atoms with Crippen molar-refractivity contribution in [3.05, 3.63) is 47.2 Å². The van der Waals surface area contributed by atoms with Crippen molar-refractivity contribution in [3.8, 4) is 0 Å². The summed E-state index contributed by atoms with van der Waals surface area (Å²) in [5.41, 5.74) is 1.17. The number of anilines is 2. The number of aromatic nitrogens is 2. The fourth-order valence-electron chi connectivity index (χ4n) is 2.90. The predicted molar refractivity (Wildman–Crippen MR) is 93.4 cm³/mol. The first-order valence-corrected chi connectivity index (χ1v) is 8.31. The zero-order chi connectivity index (χ0) is 18.9. The van der Waals surface area contributed by atoms with E-state index in [4.69, 9.17) is 4.74 Å². The fraction of sp³-hybridized carbons (Fsp3) is 0.444. The number of ether oxygens (including phenoxy) is 1. The van der Waals surface area contributed by atoms with Gasteiger partial charge in [-0.1, -0.05) is 24.3 Å². The highest BCUT2D eigenvalue weighted by Gasteiger charge is 2.35. The molecule has 1 aromatic carbocycles. The molecular formula is C18H21F3N4O. The smallest absolute Gasteiger partial charge is 0.370 e. The molecule has 140 valence electrons. The number of rotatable bonds is 3. The van der Waals surface area contributed by atoms with Crippen molar-refractivity contribution in [2.24, 2.45) is 0 Å². The fourth-order valence-corrected chi connectivity index (χ4v) is 2.90. The molecule has 0 radical (unpaired) electrons. The van der Waals surface area contributed by atoms with Crippen molar-refractivity contribution in [1.82, 2.24) is 9.97 Å². The molecule has 1 aliphatic heterocycles. The third-order valence-electron chi connectivity index (χ3n) is 4.33. The predicted octanol–water partition coefficient (Wildman–Crippen LogP) is 3.45. The maximum absolute atomic E-state index is 13.2. The summed E-state index contributed by atoms with van der Waals surface area (Å²) >= 11 is 0. The van der Waals surface area contributed by atoms with Gasteiger partial charge in [-0.2, -0.15) is 18.2 Å². The highest BCUT2D eigenvalue weighted by atomic mass is 19.4. The summed E-state index contributed by atoms with van der Waals surface area (Å²) in [5.74, 6) is 0.298. The summed E-state index contributed by atoms with van der Waals surface area (Å²) in [6.45, 7) is 3.23. The second-order valence-corrected chi connectivity index (χ2v) is 6.47. The van der Waals surface area contributed by atoms with Gasteiger partial charge in [-0.3, -0.25) is 0 Å². The average Bonchev–Trinajstić information content (AvgIpc) is 2.61. The molecule has 0 saturated carbocycles. The van der Waals surface area contributed by atoms with Crippen LogP contribution in [-0.2, 0) is 10.9 Å². The molecule has 3 rings (SSSR count). The van der Waals surface area contributed by atoms with Gasteiger partial charge in [-0.05, 0) is 18.1 Å². The van der Waals surface area contributed by atoms with Crippen LogP contribution in [0, 0.1) is 6.92 Å². The van der Waals surface area contributed by atoms with E-state index < -0.39 is 11.9 Å². The van der Waals surface area contributed by atoms with Crippen molar-refractivity contribution in [3.63, 3.8) is 0 Å². The van der Waals surface area contributed by atoms with Gasteiger partial charge in [0.25, 0.3) is 0 Å². The molecule has 8 heteroatoms. The van der Waals surface area contributed by atoms with Crippen molar-refractivity contribution in [1.29, 1.82) is 0 Å². The maximum Gasteiger partial charge on any atom is 0.433 e. The molecule has 0 bridgehead atoms. The quantitative estimate of drug-likeness (QED) is 0.832. The Morgan fingerprint density at radius 2 is 1.92 bits per heavy atom. The number of morpholine rings is 1. The van der Waals surface area contributed by atoms with E-state index in [0.717, 1.165) is 17.2 Å². The van der Waals surface area contributed by atoms with Crippen LogP contribution in [0.4, 0.5) is 24.9 Å². The largest absolute Gasteiger partial charge is 0.433 e. The van der Waals surface area contributed by atoms with E-state index in [1.54, 1.807) is 23.9 Å². The van der Waals surface area contributed by atoms with Crippen LogP contribution in [-0.4, -0.2) is 43.8 Å². The first kappa shape index (κ1) is 18.4. The van der Waals surface area contributed by atoms with Crippen LogP contribution in [0.5, 0.6) is 0 Å². The Morgan fingerprint density at radius 1 is 1.19 bits per heavy atom. The Kier molecular flexibility index (Phi) is 5.04. The zero-order valence-electron chi connectivity index (χ0n) is 14.9. The van der Waals surface area contributed by atoms with Crippen LogP contribution in [0.2, 0.25) is 0 Å². The Morgan fingerprint density at radius 3 is 2.58 bits per heavy atom. The summed E-state index contributed by atoms with van der Waals surface area (Å²) in [5, 5.41) is 0. The molecule has 0 N–H and O–H groups in total. The van der Waals surface area contributed by atoms with Gasteiger partial charge in [0.15, 0.2) is 5.69 Å². The molecule has 1 unspecified atom stereocenters. The lowest BCUT2D eigenvalue weighted by molar-refractivity contribution is -0.141. The lowest BCUT2D eigenvalue weighted by Gasteiger charge is -2.34. The number of hydrogen-bond donors (Lipinski definition) is 0. The minimum Gasteiger partial charge on any atom is -0.370 e. The first-order valence-electron chi connectivity index (χ1n) is 8.31. The molecule has 0 amide bonds. The molecule has 2 aromatic rings. The van der Waals surface area contributed by atoms with Crippen LogP contribution in [0.3, 0.4) is 0 Å². The normalized spacial score (nSPS) is 18.1. The molecule has 26 heavy (non-hydrogen) atoms. The van der Waals surface area contributed by atoms with Gasteiger partial charge in [0.05, 0.1) is 13.2 Å². The highest BCUT2D eigenvalue weighted by Crippen LogP contribution is 2.32. The lowest BCUT2D eigenvalue weighted by Crippen LogP contribution is -2.40. The summed E-state index contributed by atoms with van der Waals surface area (Å²) in [7, 11) is 3.31. The Hall–Kier alpha value is -2.35. The van der Waals surface area contributed by atoms with Gasteiger partial charge in [0.1, 0.15) is 11.9 Å². The molecule has 1 saturated heterocycles. The minimum absolute atomic E-state index is 0.0745. The van der Waals surface area contributed by atoms with Gasteiger partial charge in [0, 0.05) is 26.7 Å². The lowest BCUT2D eigenvalue weighted by atomic mass is 10.0. The SMILES string of the molecule is Cc1ccccc1C1CN(c2nc(N(C)C)cc(C(F)(F)F)n2)CCO1. The van der Waals surface area contributed by atoms with Crippen molar-refractivity contribution < 1.29 is 17.9 Å². The monoisotopic (exact) mass is 366 g/mol. The first-order chi connectivity index (χ1) is 12.3. The molecule has 1 aliphatic rings. The van der Waals surface area contributed by atoms with Crippen LogP contribution in [0.25, 0.3) is 0 Å². The third-order valence-corrected chi connectivity index (χ3v) is 4.33. The summed E-state index contributed by atoms with van der Waals surface area (Å²) < 4.78 is 45.5. The number of hydrogen-bond acceptors (Lipinski definition) is 5. The maximum atomic E-state index is 13.2. The van der Waals surface area contributed by atoms with Gasteiger partial charge in [0.2, 0.25) is 5.95 Å². The van der Waals surface area contributed by atoms with Crippen LogP contribution >= 0.6 is 0 Å². The molecule has 0 spiro atoms. The van der Waals surface area contributed by atoms with Gasteiger partial charge >= 0.3 is 6.18 Å². The Balaban J connectivity index is 1.93. The average molecular weight is 366 g/mol. The topological polar surface area (TPSA) is 41.5 Å². The van der Waals surface area contributed by atoms with Crippen molar-refractivity contribution in [2.75, 3.05) is 43.6 Å². The number of alkyl halides is 3. The molecular weight excluding hydrogens is 345 g/mol. The van der Waals surface area contributed by atoms with Crippen LogP contribution in [0.1, 0.15) is 22.9 Å². The molecule has 1 aromatic heterocycles. The summed E-state index contributed by atoms with van der Waals surface area (Å²) in [6, 6.07) is 8.79.